The molecule has 0 N–H and O–H groups in total. The summed E-state index contributed by atoms with van der Waals surface area (Å²) in [5, 5.41) is 8.43. The highest BCUT2D eigenvalue weighted by atomic mass is 35.5. The average Bonchev–Trinajstić information content (AvgIpc) is 3.11. The lowest BCUT2D eigenvalue weighted by Crippen LogP contribution is -2.03. The van der Waals surface area contributed by atoms with Crippen molar-refractivity contribution in [3.05, 3.63) is 77.0 Å². The molecular formula is C18H13ClN2O3. The van der Waals surface area contributed by atoms with Crippen LogP contribution < -0.4 is 0 Å². The molecule has 0 atom stereocenters. The number of carbonyl (C=O) groups excluding carboxylic acids is 1. The van der Waals surface area contributed by atoms with E-state index in [0.717, 1.165) is 5.56 Å². The lowest BCUT2D eigenvalue weighted by atomic mass is 10.1. The van der Waals surface area contributed by atoms with E-state index in [9.17, 15) is 4.79 Å². The molecule has 5 nitrogen and oxygen atoms in total. The van der Waals surface area contributed by atoms with Crippen LogP contribution in [0.15, 0.2) is 70.3 Å². The number of nitrogens with zero attached hydrogens (tertiary/aromatic N) is 2. The predicted molar refractivity (Wildman–Crippen MR) is 91.0 cm³/mol. The van der Waals surface area contributed by atoms with Crippen molar-refractivity contribution in [3.63, 3.8) is 0 Å². The summed E-state index contributed by atoms with van der Waals surface area (Å²) in [6.07, 6.45) is 0. The van der Waals surface area contributed by atoms with Crippen molar-refractivity contribution < 1.29 is 14.2 Å². The van der Waals surface area contributed by atoms with Crippen LogP contribution >= 0.6 is 11.6 Å². The van der Waals surface area contributed by atoms with E-state index >= 15 is 0 Å². The highest BCUT2D eigenvalue weighted by molar-refractivity contribution is 6.30. The molecule has 2 aromatic carbocycles. The van der Waals surface area contributed by atoms with Crippen molar-refractivity contribution in [1.29, 1.82) is 0 Å². The molecule has 0 fully saturated rings. The Hall–Kier alpha value is -2.92. The van der Waals surface area contributed by atoms with Gasteiger partial charge in [-0.25, -0.2) is 4.79 Å². The topological polar surface area (TPSA) is 64.7 Å². The quantitative estimate of drug-likeness (QED) is 0.396. The van der Waals surface area contributed by atoms with Crippen LogP contribution in [0.5, 0.6) is 0 Å². The molecule has 0 amide bonds. The minimum Gasteiger partial charge on any atom is -0.354 e. The van der Waals surface area contributed by atoms with Gasteiger partial charge in [-0.1, -0.05) is 52.2 Å². The van der Waals surface area contributed by atoms with Gasteiger partial charge in [0, 0.05) is 16.7 Å². The fourth-order valence-corrected chi connectivity index (χ4v) is 2.11. The fourth-order valence-electron chi connectivity index (χ4n) is 1.98. The maximum atomic E-state index is 11.9. The predicted octanol–water partition coefficient (Wildman–Crippen LogP) is 4.58. The van der Waals surface area contributed by atoms with Crippen LogP contribution in [0.3, 0.4) is 0 Å². The van der Waals surface area contributed by atoms with Crippen LogP contribution in [0.1, 0.15) is 23.0 Å². The SMILES string of the molecule is CC(=NOC(=O)c1ccccc1)c1cc(-c2ccc(Cl)cc2)no1. The Bertz CT molecular complexity index is 871. The first kappa shape index (κ1) is 16.0. The van der Waals surface area contributed by atoms with Gasteiger partial charge in [-0.05, 0) is 31.2 Å². The van der Waals surface area contributed by atoms with Crippen molar-refractivity contribution in [2.75, 3.05) is 0 Å². The van der Waals surface area contributed by atoms with Crippen LogP contribution in [0.2, 0.25) is 5.02 Å². The van der Waals surface area contributed by atoms with E-state index in [1.807, 2.05) is 18.2 Å². The first-order chi connectivity index (χ1) is 11.6. The summed E-state index contributed by atoms with van der Waals surface area (Å²) in [6, 6.07) is 17.6. The summed E-state index contributed by atoms with van der Waals surface area (Å²) in [6.45, 7) is 1.67. The molecule has 0 saturated heterocycles. The van der Waals surface area contributed by atoms with Crippen LogP contribution in [0.25, 0.3) is 11.3 Å². The second-order valence-electron chi connectivity index (χ2n) is 5.00. The zero-order valence-electron chi connectivity index (χ0n) is 12.8. The molecule has 120 valence electrons. The van der Waals surface area contributed by atoms with Gasteiger partial charge in [-0.15, -0.1) is 0 Å². The first-order valence-corrected chi connectivity index (χ1v) is 7.55. The maximum Gasteiger partial charge on any atom is 0.365 e. The van der Waals surface area contributed by atoms with Gasteiger partial charge in [0.25, 0.3) is 0 Å². The third kappa shape index (κ3) is 3.70. The number of halogens is 1. The maximum absolute atomic E-state index is 11.9. The number of carbonyl (C=O) groups is 1. The van der Waals surface area contributed by atoms with E-state index < -0.39 is 5.97 Å². The van der Waals surface area contributed by atoms with Crippen LogP contribution in [-0.4, -0.2) is 16.8 Å². The standard InChI is InChI=1S/C18H13ClN2O3/c1-12(20-24-18(22)14-5-3-2-4-6-14)17-11-16(21-23-17)13-7-9-15(19)10-8-13/h2-11H,1H3. The Labute approximate surface area is 143 Å². The molecule has 0 unspecified atom stereocenters. The molecule has 0 spiro atoms. The number of aromatic nitrogens is 1. The summed E-state index contributed by atoms with van der Waals surface area (Å²) in [7, 11) is 0. The summed E-state index contributed by atoms with van der Waals surface area (Å²) in [4.78, 5) is 16.8. The summed E-state index contributed by atoms with van der Waals surface area (Å²) in [5.41, 5.74) is 2.34. The number of oxime groups is 1. The highest BCUT2D eigenvalue weighted by Gasteiger charge is 2.11. The molecule has 0 aliphatic carbocycles. The first-order valence-electron chi connectivity index (χ1n) is 7.17. The fraction of sp³-hybridized carbons (Fsp3) is 0.0556. The number of hydrogen-bond acceptors (Lipinski definition) is 5. The smallest absolute Gasteiger partial charge is 0.354 e. The van der Waals surface area contributed by atoms with Gasteiger partial charge in [0.15, 0.2) is 5.76 Å². The van der Waals surface area contributed by atoms with E-state index in [4.69, 9.17) is 21.0 Å². The number of hydrogen-bond donors (Lipinski definition) is 0. The molecule has 0 radical (unpaired) electrons. The lowest BCUT2D eigenvalue weighted by Gasteiger charge is -1.98. The van der Waals surface area contributed by atoms with Gasteiger partial charge >= 0.3 is 5.97 Å². The molecular weight excluding hydrogens is 328 g/mol. The van der Waals surface area contributed by atoms with E-state index in [0.29, 0.717) is 27.8 Å². The van der Waals surface area contributed by atoms with E-state index in [1.165, 1.54) is 0 Å². The van der Waals surface area contributed by atoms with Gasteiger partial charge in [0.05, 0.1) is 5.56 Å². The highest BCUT2D eigenvalue weighted by Crippen LogP contribution is 2.21. The minimum absolute atomic E-state index is 0.409. The van der Waals surface area contributed by atoms with Gasteiger partial charge in [0.1, 0.15) is 11.4 Å². The Balaban J connectivity index is 1.72. The van der Waals surface area contributed by atoms with E-state index in [-0.39, 0.29) is 0 Å². The van der Waals surface area contributed by atoms with Crippen LogP contribution in [0, 0.1) is 0 Å². The third-order valence-electron chi connectivity index (χ3n) is 3.28. The zero-order valence-corrected chi connectivity index (χ0v) is 13.5. The number of rotatable bonds is 4. The van der Waals surface area contributed by atoms with E-state index in [1.54, 1.807) is 49.4 Å². The van der Waals surface area contributed by atoms with Crippen LogP contribution in [0.4, 0.5) is 0 Å². The molecule has 1 heterocycles. The number of benzene rings is 2. The lowest BCUT2D eigenvalue weighted by molar-refractivity contribution is 0.0516. The van der Waals surface area contributed by atoms with Crippen molar-refractivity contribution in [1.82, 2.24) is 5.16 Å². The van der Waals surface area contributed by atoms with Gasteiger partial charge in [0.2, 0.25) is 0 Å². The minimum atomic E-state index is -0.535. The molecule has 3 aromatic rings. The molecule has 1 aromatic heterocycles. The van der Waals surface area contributed by atoms with Gasteiger partial charge in [-0.2, -0.15) is 0 Å². The van der Waals surface area contributed by atoms with Crippen molar-refractivity contribution in [2.24, 2.45) is 5.16 Å². The zero-order chi connectivity index (χ0) is 16.9. The molecule has 0 bridgehead atoms. The van der Waals surface area contributed by atoms with Crippen LogP contribution in [-0.2, 0) is 4.84 Å². The molecule has 24 heavy (non-hydrogen) atoms. The van der Waals surface area contributed by atoms with Crippen molar-refractivity contribution >= 4 is 23.3 Å². The van der Waals surface area contributed by atoms with Crippen molar-refractivity contribution in [3.8, 4) is 11.3 Å². The van der Waals surface area contributed by atoms with Crippen molar-refractivity contribution in [2.45, 2.75) is 6.92 Å². The molecule has 0 aliphatic heterocycles. The summed E-state index contributed by atoms with van der Waals surface area (Å²) < 4.78 is 5.24. The molecule has 3 rings (SSSR count). The Kier molecular flexibility index (Phi) is 4.72. The average molecular weight is 341 g/mol. The van der Waals surface area contributed by atoms with E-state index in [2.05, 4.69) is 10.3 Å². The summed E-state index contributed by atoms with van der Waals surface area (Å²) in [5.74, 6) is -0.117. The normalized spacial score (nSPS) is 11.3. The monoisotopic (exact) mass is 340 g/mol. The Morgan fingerprint density at radius 3 is 2.54 bits per heavy atom. The molecule has 6 heteroatoms. The molecule has 0 aliphatic rings. The van der Waals surface area contributed by atoms with Gasteiger partial charge < -0.3 is 9.36 Å². The Morgan fingerprint density at radius 1 is 1.12 bits per heavy atom. The summed E-state index contributed by atoms with van der Waals surface area (Å²) >= 11 is 5.86. The van der Waals surface area contributed by atoms with Gasteiger partial charge in [-0.3, -0.25) is 0 Å². The third-order valence-corrected chi connectivity index (χ3v) is 3.53. The second kappa shape index (κ2) is 7.10. The second-order valence-corrected chi connectivity index (χ2v) is 5.44. The Morgan fingerprint density at radius 2 is 1.83 bits per heavy atom. The molecule has 0 saturated carbocycles. The largest absolute Gasteiger partial charge is 0.365 e.